The predicted molar refractivity (Wildman–Crippen MR) is 98.4 cm³/mol. The summed E-state index contributed by atoms with van der Waals surface area (Å²) in [7, 11) is 0. The van der Waals surface area contributed by atoms with Crippen molar-refractivity contribution in [3.05, 3.63) is 88.6 Å². The Morgan fingerprint density at radius 3 is 2.38 bits per heavy atom. The van der Waals surface area contributed by atoms with Crippen LogP contribution in [0.15, 0.2) is 60.9 Å². The maximum Gasteiger partial charge on any atom is 0.271 e. The summed E-state index contributed by atoms with van der Waals surface area (Å²) in [6.07, 6.45) is 2.83. The molecular weight excluding hydrogens is 355 g/mol. The SMILES string of the molecule is O=C(NCc1ccccc1F)c1cnc(NCc2ccccc2Cl)cn1. The molecule has 5 nitrogen and oxygen atoms in total. The Bertz CT molecular complexity index is 902. The minimum atomic E-state index is -0.418. The Hall–Kier alpha value is -2.99. The summed E-state index contributed by atoms with van der Waals surface area (Å²) in [5.41, 5.74) is 1.50. The Morgan fingerprint density at radius 2 is 1.69 bits per heavy atom. The number of carbonyl (C=O) groups is 1. The minimum absolute atomic E-state index is 0.0830. The average Bonchev–Trinajstić information content (AvgIpc) is 2.67. The van der Waals surface area contributed by atoms with E-state index in [0.29, 0.717) is 22.9 Å². The maximum atomic E-state index is 13.6. The number of carbonyl (C=O) groups excluding carboxylic acids is 1. The van der Waals surface area contributed by atoms with Crippen LogP contribution < -0.4 is 10.6 Å². The topological polar surface area (TPSA) is 66.9 Å². The van der Waals surface area contributed by atoms with Gasteiger partial charge in [0.1, 0.15) is 17.3 Å². The molecule has 0 aliphatic heterocycles. The lowest BCUT2D eigenvalue weighted by molar-refractivity contribution is 0.0945. The fourth-order valence-corrected chi connectivity index (χ4v) is 2.47. The number of amides is 1. The summed E-state index contributed by atoms with van der Waals surface area (Å²) in [6, 6.07) is 13.8. The van der Waals surface area contributed by atoms with Crippen molar-refractivity contribution in [1.29, 1.82) is 0 Å². The maximum absolute atomic E-state index is 13.6. The molecule has 2 aromatic carbocycles. The molecule has 3 aromatic rings. The molecule has 0 unspecified atom stereocenters. The molecule has 3 rings (SSSR count). The van der Waals surface area contributed by atoms with Crippen LogP contribution in [-0.4, -0.2) is 15.9 Å². The van der Waals surface area contributed by atoms with Crippen LogP contribution in [0.5, 0.6) is 0 Å². The van der Waals surface area contributed by atoms with Gasteiger partial charge in [-0.3, -0.25) is 4.79 Å². The van der Waals surface area contributed by atoms with Gasteiger partial charge >= 0.3 is 0 Å². The molecule has 1 aromatic heterocycles. The van der Waals surface area contributed by atoms with Crippen LogP contribution in [0, 0.1) is 5.82 Å². The van der Waals surface area contributed by atoms with Crippen molar-refractivity contribution in [2.24, 2.45) is 0 Å². The van der Waals surface area contributed by atoms with Crippen molar-refractivity contribution in [2.75, 3.05) is 5.32 Å². The van der Waals surface area contributed by atoms with Gasteiger partial charge in [0.15, 0.2) is 0 Å². The van der Waals surface area contributed by atoms with Crippen LogP contribution in [0.2, 0.25) is 5.02 Å². The third-order valence-corrected chi connectivity index (χ3v) is 4.07. The number of halogens is 2. The summed E-state index contributed by atoms with van der Waals surface area (Å²) in [5, 5.41) is 6.38. The van der Waals surface area contributed by atoms with E-state index in [9.17, 15) is 9.18 Å². The van der Waals surface area contributed by atoms with Gasteiger partial charge in [0, 0.05) is 23.7 Å². The van der Waals surface area contributed by atoms with Crippen molar-refractivity contribution in [3.63, 3.8) is 0 Å². The molecule has 26 heavy (non-hydrogen) atoms. The highest BCUT2D eigenvalue weighted by Gasteiger charge is 2.09. The number of rotatable bonds is 6. The Kier molecular flexibility index (Phi) is 5.76. The first-order valence-electron chi connectivity index (χ1n) is 7.94. The van der Waals surface area contributed by atoms with Crippen LogP contribution >= 0.6 is 11.6 Å². The lowest BCUT2D eigenvalue weighted by Gasteiger charge is -2.08. The number of benzene rings is 2. The highest BCUT2D eigenvalue weighted by atomic mass is 35.5. The highest BCUT2D eigenvalue weighted by Crippen LogP contribution is 2.16. The number of nitrogens with zero attached hydrogens (tertiary/aromatic N) is 2. The lowest BCUT2D eigenvalue weighted by atomic mass is 10.2. The van der Waals surface area contributed by atoms with E-state index in [-0.39, 0.29) is 18.1 Å². The summed E-state index contributed by atoms with van der Waals surface area (Å²) in [6.45, 7) is 0.576. The van der Waals surface area contributed by atoms with Gasteiger partial charge in [0.25, 0.3) is 5.91 Å². The van der Waals surface area contributed by atoms with Crippen molar-refractivity contribution in [3.8, 4) is 0 Å². The molecule has 0 saturated carbocycles. The normalized spacial score (nSPS) is 10.4. The van der Waals surface area contributed by atoms with E-state index < -0.39 is 5.91 Å². The van der Waals surface area contributed by atoms with Gasteiger partial charge in [-0.15, -0.1) is 0 Å². The number of hydrogen-bond donors (Lipinski definition) is 2. The van der Waals surface area contributed by atoms with Gasteiger partial charge in [-0.1, -0.05) is 48.0 Å². The summed E-state index contributed by atoms with van der Waals surface area (Å²) in [4.78, 5) is 20.3. The van der Waals surface area contributed by atoms with Crippen molar-refractivity contribution < 1.29 is 9.18 Å². The fourth-order valence-electron chi connectivity index (χ4n) is 2.27. The summed E-state index contributed by atoms with van der Waals surface area (Å²) in [5.74, 6) is -0.257. The molecule has 0 atom stereocenters. The van der Waals surface area contributed by atoms with Gasteiger partial charge in [-0.05, 0) is 17.7 Å². The molecule has 0 saturated heterocycles. The van der Waals surface area contributed by atoms with Gasteiger partial charge in [0.05, 0.1) is 12.4 Å². The summed E-state index contributed by atoms with van der Waals surface area (Å²) >= 11 is 6.10. The summed E-state index contributed by atoms with van der Waals surface area (Å²) < 4.78 is 13.6. The molecule has 1 amide bonds. The molecule has 0 aliphatic carbocycles. The van der Waals surface area contributed by atoms with E-state index in [1.165, 1.54) is 18.5 Å². The number of anilines is 1. The molecular formula is C19H16ClFN4O. The number of hydrogen-bond acceptors (Lipinski definition) is 4. The zero-order chi connectivity index (χ0) is 18.4. The largest absolute Gasteiger partial charge is 0.365 e. The van der Waals surface area contributed by atoms with Crippen molar-refractivity contribution in [1.82, 2.24) is 15.3 Å². The minimum Gasteiger partial charge on any atom is -0.365 e. The van der Waals surface area contributed by atoms with Crippen LogP contribution in [0.3, 0.4) is 0 Å². The van der Waals surface area contributed by atoms with Crippen LogP contribution in [0.25, 0.3) is 0 Å². The molecule has 0 radical (unpaired) electrons. The first-order chi connectivity index (χ1) is 12.6. The second-order valence-corrected chi connectivity index (χ2v) is 5.91. The van der Waals surface area contributed by atoms with E-state index in [1.807, 2.05) is 24.3 Å². The van der Waals surface area contributed by atoms with Gasteiger partial charge in [0.2, 0.25) is 0 Å². The van der Waals surface area contributed by atoms with Crippen molar-refractivity contribution >= 4 is 23.3 Å². The highest BCUT2D eigenvalue weighted by molar-refractivity contribution is 6.31. The van der Waals surface area contributed by atoms with E-state index in [4.69, 9.17) is 11.6 Å². The van der Waals surface area contributed by atoms with Crippen LogP contribution in [0.4, 0.5) is 10.2 Å². The predicted octanol–water partition coefficient (Wildman–Crippen LogP) is 3.81. The van der Waals surface area contributed by atoms with Gasteiger partial charge in [-0.25, -0.2) is 14.4 Å². The molecule has 1 heterocycles. The Labute approximate surface area is 155 Å². The van der Waals surface area contributed by atoms with Crippen LogP contribution in [-0.2, 0) is 13.1 Å². The van der Waals surface area contributed by atoms with Crippen molar-refractivity contribution in [2.45, 2.75) is 13.1 Å². The second kappa shape index (κ2) is 8.40. The molecule has 0 bridgehead atoms. The van der Waals surface area contributed by atoms with Gasteiger partial charge in [-0.2, -0.15) is 0 Å². The first-order valence-corrected chi connectivity index (χ1v) is 8.32. The van der Waals surface area contributed by atoms with Gasteiger partial charge < -0.3 is 10.6 Å². The van der Waals surface area contributed by atoms with E-state index >= 15 is 0 Å². The third kappa shape index (κ3) is 4.55. The quantitative estimate of drug-likeness (QED) is 0.692. The standard InChI is InChI=1S/C19H16ClFN4O/c20-15-7-3-1-5-13(15)9-23-18-12-22-17(11-24-18)19(26)25-10-14-6-2-4-8-16(14)21/h1-8,11-12H,9-10H2,(H,23,24)(H,25,26). The van der Waals surface area contributed by atoms with E-state index in [2.05, 4.69) is 20.6 Å². The van der Waals surface area contributed by atoms with E-state index in [1.54, 1.807) is 18.2 Å². The first kappa shape index (κ1) is 17.8. The average molecular weight is 371 g/mol. The monoisotopic (exact) mass is 370 g/mol. The molecule has 0 spiro atoms. The molecule has 7 heteroatoms. The second-order valence-electron chi connectivity index (χ2n) is 5.51. The zero-order valence-corrected chi connectivity index (χ0v) is 14.5. The molecule has 2 N–H and O–H groups in total. The lowest BCUT2D eigenvalue weighted by Crippen LogP contribution is -2.24. The molecule has 132 valence electrons. The van der Waals surface area contributed by atoms with Crippen LogP contribution in [0.1, 0.15) is 21.6 Å². The smallest absolute Gasteiger partial charge is 0.271 e. The third-order valence-electron chi connectivity index (χ3n) is 3.70. The Balaban J connectivity index is 1.56. The molecule has 0 fully saturated rings. The number of aromatic nitrogens is 2. The Morgan fingerprint density at radius 1 is 0.962 bits per heavy atom. The number of nitrogens with one attached hydrogen (secondary N) is 2. The zero-order valence-electron chi connectivity index (χ0n) is 13.7. The van der Waals surface area contributed by atoms with E-state index in [0.717, 1.165) is 5.56 Å². The molecule has 0 aliphatic rings. The fraction of sp³-hybridized carbons (Fsp3) is 0.105.